The highest BCUT2D eigenvalue weighted by Crippen LogP contribution is 2.23. The Morgan fingerprint density at radius 1 is 0.523 bits per heavy atom. The van der Waals surface area contributed by atoms with Crippen LogP contribution in [0.15, 0.2) is 36.5 Å². The molecule has 382 valence electrons. The van der Waals surface area contributed by atoms with E-state index in [1.165, 1.54) is 180 Å². The third kappa shape index (κ3) is 34.3. The van der Waals surface area contributed by atoms with E-state index < -0.39 is 61.5 Å². The standard InChI is InChI=1S/C55H103NO9/c1-3-5-7-9-11-13-15-17-18-19-20-21-22-23-24-25-26-27-28-29-30-32-34-36-38-40-42-44-49(59)54(63)56-47(46-64-55-53(62)52(61)51(60)50(45-57)65-55)48(58)43-41-39-37-35-33-31-16-14-12-10-8-6-4-2/h23-24,33,35,41,43,47-53,55,57-62H,3-22,25-32,34,36-40,42,44-46H2,1-2H3,(H,56,63)/b24-23-,35-33+,43-41+. The minimum atomic E-state index is -1.62. The minimum absolute atomic E-state index is 0.303. The van der Waals surface area contributed by atoms with Crippen LogP contribution in [-0.4, -0.2) is 98.7 Å². The number of ether oxygens (including phenoxy) is 2. The van der Waals surface area contributed by atoms with E-state index in [0.29, 0.717) is 19.3 Å². The molecule has 0 radical (unpaired) electrons. The van der Waals surface area contributed by atoms with Crippen LogP contribution < -0.4 is 5.32 Å². The average molecular weight is 922 g/mol. The molecular weight excluding hydrogens is 819 g/mol. The molecule has 1 rings (SSSR count). The first kappa shape index (κ1) is 61.4. The Kier molecular flexibility index (Phi) is 42.4. The Labute approximate surface area is 398 Å². The van der Waals surface area contributed by atoms with Gasteiger partial charge in [0.25, 0.3) is 0 Å². The molecule has 1 amide bonds. The molecule has 0 saturated carbocycles. The molecule has 7 N–H and O–H groups in total. The normalized spacial score (nSPS) is 20.6. The second kappa shape index (κ2) is 44.9. The fourth-order valence-corrected chi connectivity index (χ4v) is 8.59. The monoisotopic (exact) mass is 922 g/mol. The summed E-state index contributed by atoms with van der Waals surface area (Å²) in [5, 5.41) is 64.8. The molecule has 1 saturated heterocycles. The molecule has 0 aromatic carbocycles. The number of amides is 1. The molecule has 10 nitrogen and oxygen atoms in total. The summed E-state index contributed by atoms with van der Waals surface area (Å²) in [4.78, 5) is 13.1. The number of allylic oxidation sites excluding steroid dienone is 5. The summed E-state index contributed by atoms with van der Waals surface area (Å²) >= 11 is 0. The first-order valence-electron chi connectivity index (χ1n) is 27.3. The Bertz CT molecular complexity index is 1130. The molecular formula is C55H103NO9. The van der Waals surface area contributed by atoms with Crippen LogP contribution in [0.4, 0.5) is 0 Å². The van der Waals surface area contributed by atoms with Gasteiger partial charge in [0.2, 0.25) is 5.91 Å². The molecule has 0 aromatic heterocycles. The Morgan fingerprint density at radius 3 is 1.34 bits per heavy atom. The number of nitrogens with one attached hydrogen (secondary N) is 1. The molecule has 10 heteroatoms. The van der Waals surface area contributed by atoms with Crippen LogP contribution in [0.25, 0.3) is 0 Å². The van der Waals surface area contributed by atoms with Gasteiger partial charge in [-0.15, -0.1) is 0 Å². The number of rotatable bonds is 46. The molecule has 65 heavy (non-hydrogen) atoms. The van der Waals surface area contributed by atoms with Crippen molar-refractivity contribution in [3.8, 4) is 0 Å². The lowest BCUT2D eigenvalue weighted by molar-refractivity contribution is -0.302. The topological polar surface area (TPSA) is 169 Å². The molecule has 1 aliphatic rings. The van der Waals surface area contributed by atoms with Crippen molar-refractivity contribution < 1.29 is 44.9 Å². The SMILES string of the molecule is CCCCCCCCC/C=C/CC/C=C/C(O)C(COC1OC(CO)C(O)C(O)C1O)NC(=O)C(O)CCCCCCCCCCCCC/C=C\CCCCCCCCCCCCCC. The van der Waals surface area contributed by atoms with Crippen LogP contribution in [0.1, 0.15) is 245 Å². The van der Waals surface area contributed by atoms with E-state index in [9.17, 15) is 35.4 Å². The summed E-state index contributed by atoms with van der Waals surface area (Å²) < 4.78 is 11.1. The molecule has 1 aliphatic heterocycles. The van der Waals surface area contributed by atoms with E-state index in [4.69, 9.17) is 9.47 Å². The van der Waals surface area contributed by atoms with E-state index in [0.717, 1.165) is 32.1 Å². The van der Waals surface area contributed by atoms with Gasteiger partial charge in [-0.05, 0) is 57.8 Å². The van der Waals surface area contributed by atoms with Gasteiger partial charge in [0.15, 0.2) is 6.29 Å². The number of carbonyl (C=O) groups is 1. The van der Waals surface area contributed by atoms with Gasteiger partial charge in [-0.2, -0.15) is 0 Å². The fraction of sp³-hybridized carbons (Fsp3) is 0.873. The van der Waals surface area contributed by atoms with E-state index in [2.05, 4.69) is 43.5 Å². The van der Waals surface area contributed by atoms with Gasteiger partial charge in [-0.1, -0.05) is 224 Å². The first-order chi connectivity index (χ1) is 31.8. The molecule has 0 bridgehead atoms. The van der Waals surface area contributed by atoms with Crippen LogP contribution in [0.5, 0.6) is 0 Å². The van der Waals surface area contributed by atoms with Gasteiger partial charge in [-0.25, -0.2) is 0 Å². The van der Waals surface area contributed by atoms with Crippen LogP contribution in [0, 0.1) is 0 Å². The largest absolute Gasteiger partial charge is 0.394 e. The van der Waals surface area contributed by atoms with Crippen molar-refractivity contribution in [2.75, 3.05) is 13.2 Å². The zero-order chi connectivity index (χ0) is 47.4. The van der Waals surface area contributed by atoms with Crippen molar-refractivity contribution >= 4 is 5.91 Å². The van der Waals surface area contributed by atoms with Crippen molar-refractivity contribution in [1.82, 2.24) is 5.32 Å². The van der Waals surface area contributed by atoms with Crippen LogP contribution in [0.3, 0.4) is 0 Å². The zero-order valence-corrected chi connectivity index (χ0v) is 41.9. The highest BCUT2D eigenvalue weighted by molar-refractivity contribution is 5.80. The van der Waals surface area contributed by atoms with Gasteiger partial charge >= 0.3 is 0 Å². The maximum Gasteiger partial charge on any atom is 0.249 e. The van der Waals surface area contributed by atoms with Crippen LogP contribution in [0.2, 0.25) is 0 Å². The molecule has 8 unspecified atom stereocenters. The molecule has 0 spiro atoms. The smallest absolute Gasteiger partial charge is 0.249 e. The molecule has 1 fully saturated rings. The predicted molar refractivity (Wildman–Crippen MR) is 269 cm³/mol. The molecule has 0 aliphatic carbocycles. The first-order valence-corrected chi connectivity index (χ1v) is 27.3. The number of aliphatic hydroxyl groups is 6. The van der Waals surface area contributed by atoms with E-state index in [1.54, 1.807) is 6.08 Å². The number of hydrogen-bond donors (Lipinski definition) is 7. The van der Waals surface area contributed by atoms with Crippen molar-refractivity contribution in [3.63, 3.8) is 0 Å². The fourth-order valence-electron chi connectivity index (χ4n) is 8.59. The Hall–Kier alpha value is -1.63. The highest BCUT2D eigenvalue weighted by atomic mass is 16.7. The van der Waals surface area contributed by atoms with Gasteiger partial charge in [0, 0.05) is 0 Å². The van der Waals surface area contributed by atoms with Crippen molar-refractivity contribution in [1.29, 1.82) is 0 Å². The summed E-state index contributed by atoms with van der Waals surface area (Å²) in [6.45, 7) is 3.60. The maximum atomic E-state index is 13.1. The van der Waals surface area contributed by atoms with Gasteiger partial charge < -0.3 is 45.4 Å². The second-order valence-corrected chi connectivity index (χ2v) is 19.2. The van der Waals surface area contributed by atoms with Crippen molar-refractivity contribution in [3.05, 3.63) is 36.5 Å². The zero-order valence-electron chi connectivity index (χ0n) is 41.9. The number of hydrogen-bond acceptors (Lipinski definition) is 9. The van der Waals surface area contributed by atoms with Crippen molar-refractivity contribution in [2.45, 2.75) is 294 Å². The Morgan fingerprint density at radius 2 is 0.908 bits per heavy atom. The number of carbonyl (C=O) groups excluding carboxylic acids is 1. The van der Waals surface area contributed by atoms with E-state index >= 15 is 0 Å². The minimum Gasteiger partial charge on any atom is -0.394 e. The summed E-state index contributed by atoms with van der Waals surface area (Å²) in [5.41, 5.74) is 0. The van der Waals surface area contributed by atoms with Gasteiger partial charge in [0.1, 0.15) is 30.5 Å². The highest BCUT2D eigenvalue weighted by Gasteiger charge is 2.44. The predicted octanol–water partition coefficient (Wildman–Crippen LogP) is 11.8. The number of aliphatic hydroxyl groups excluding tert-OH is 6. The third-order valence-electron chi connectivity index (χ3n) is 13.0. The lowest BCUT2D eigenvalue weighted by Gasteiger charge is -2.40. The van der Waals surface area contributed by atoms with Crippen LogP contribution >= 0.6 is 0 Å². The second-order valence-electron chi connectivity index (χ2n) is 19.2. The van der Waals surface area contributed by atoms with Crippen LogP contribution in [-0.2, 0) is 14.3 Å². The van der Waals surface area contributed by atoms with E-state index in [1.807, 2.05) is 6.08 Å². The maximum absolute atomic E-state index is 13.1. The van der Waals surface area contributed by atoms with Gasteiger partial charge in [-0.3, -0.25) is 4.79 Å². The summed E-state index contributed by atoms with van der Waals surface area (Å²) in [6, 6.07) is -0.996. The lowest BCUT2D eigenvalue weighted by atomic mass is 9.99. The number of unbranched alkanes of at least 4 members (excludes halogenated alkanes) is 31. The van der Waals surface area contributed by atoms with Crippen molar-refractivity contribution in [2.24, 2.45) is 0 Å². The summed E-state index contributed by atoms with van der Waals surface area (Å²) in [6.07, 6.45) is 46.8. The Balaban J connectivity index is 2.24. The molecule has 8 atom stereocenters. The summed E-state index contributed by atoms with van der Waals surface area (Å²) in [5.74, 6) is -0.626. The lowest BCUT2D eigenvalue weighted by Crippen LogP contribution is -2.60. The third-order valence-corrected chi connectivity index (χ3v) is 13.0. The van der Waals surface area contributed by atoms with E-state index in [-0.39, 0.29) is 6.61 Å². The quantitative estimate of drug-likeness (QED) is 0.0232. The molecule has 0 aromatic rings. The summed E-state index contributed by atoms with van der Waals surface area (Å²) in [7, 11) is 0. The van der Waals surface area contributed by atoms with Gasteiger partial charge in [0.05, 0.1) is 25.4 Å². The average Bonchev–Trinajstić information content (AvgIpc) is 3.31. The molecule has 1 heterocycles.